The quantitative estimate of drug-likeness (QED) is 0.883. The van der Waals surface area contributed by atoms with E-state index in [1.165, 1.54) is 7.11 Å². The molecule has 0 amide bonds. The second-order valence-corrected chi connectivity index (χ2v) is 7.33. The van der Waals surface area contributed by atoms with Crippen molar-refractivity contribution in [3.8, 4) is 5.75 Å². The molecule has 1 atom stereocenters. The smallest absolute Gasteiger partial charge is 0.241 e. The van der Waals surface area contributed by atoms with Gasteiger partial charge in [0.15, 0.2) is 0 Å². The van der Waals surface area contributed by atoms with Gasteiger partial charge in [0.2, 0.25) is 10.0 Å². The minimum absolute atomic E-state index is 0.0165. The summed E-state index contributed by atoms with van der Waals surface area (Å²) < 4.78 is 33.7. The van der Waals surface area contributed by atoms with E-state index in [0.29, 0.717) is 6.61 Å². The van der Waals surface area contributed by atoms with Crippen LogP contribution in [0.4, 0.5) is 5.69 Å². The van der Waals surface area contributed by atoms with Gasteiger partial charge in [-0.25, -0.2) is 13.6 Å². The molecule has 1 saturated heterocycles. The first-order chi connectivity index (χ1) is 9.79. The van der Waals surface area contributed by atoms with E-state index in [2.05, 4.69) is 11.8 Å². The number of rotatable bonds is 5. The molecule has 1 aromatic carbocycles. The van der Waals surface area contributed by atoms with Crippen LogP contribution in [-0.4, -0.2) is 42.3 Å². The monoisotopic (exact) mass is 314 g/mol. The van der Waals surface area contributed by atoms with E-state index in [4.69, 9.17) is 14.6 Å². The molecule has 6 nitrogen and oxygen atoms in total. The van der Waals surface area contributed by atoms with E-state index >= 15 is 0 Å². The average molecular weight is 314 g/mol. The molecule has 1 aromatic rings. The number of hydrogen-bond acceptors (Lipinski definition) is 5. The summed E-state index contributed by atoms with van der Waals surface area (Å²) in [6.07, 6.45) is 0.998. The van der Waals surface area contributed by atoms with E-state index in [9.17, 15) is 8.42 Å². The molecule has 1 fully saturated rings. The highest BCUT2D eigenvalue weighted by atomic mass is 32.2. The Morgan fingerprint density at radius 2 is 2.10 bits per heavy atom. The third-order valence-corrected chi connectivity index (χ3v) is 4.80. The second-order valence-electron chi connectivity index (χ2n) is 5.80. The van der Waals surface area contributed by atoms with Crippen molar-refractivity contribution in [2.24, 2.45) is 10.6 Å². The number of methoxy groups -OCH3 is 2. The van der Waals surface area contributed by atoms with Gasteiger partial charge < -0.3 is 14.4 Å². The molecule has 1 aliphatic rings. The zero-order chi connectivity index (χ0) is 15.7. The summed E-state index contributed by atoms with van der Waals surface area (Å²) >= 11 is 0. The second kappa shape index (κ2) is 5.82. The van der Waals surface area contributed by atoms with Gasteiger partial charge in [-0.05, 0) is 24.6 Å². The van der Waals surface area contributed by atoms with Crippen LogP contribution in [0.15, 0.2) is 23.1 Å². The summed E-state index contributed by atoms with van der Waals surface area (Å²) in [6, 6.07) is 5.07. The zero-order valence-corrected chi connectivity index (χ0v) is 13.4. The van der Waals surface area contributed by atoms with Crippen LogP contribution in [-0.2, 0) is 14.8 Å². The maximum absolute atomic E-state index is 11.7. The highest BCUT2D eigenvalue weighted by molar-refractivity contribution is 7.89. The molecule has 0 saturated carbocycles. The summed E-state index contributed by atoms with van der Waals surface area (Å²) in [4.78, 5) is 2.16. The SMILES string of the molecule is COCC1(C)CCN(c2ccc(OC)c(S(N)(=O)=O)c2)C1. The Labute approximate surface area is 125 Å². The van der Waals surface area contributed by atoms with Gasteiger partial charge in [-0.15, -0.1) is 0 Å². The summed E-state index contributed by atoms with van der Waals surface area (Å²) in [7, 11) is -0.692. The molecule has 118 valence electrons. The normalized spacial score (nSPS) is 22.6. The molecular weight excluding hydrogens is 292 g/mol. The third-order valence-electron chi connectivity index (χ3n) is 3.87. The number of benzene rings is 1. The van der Waals surface area contributed by atoms with Crippen LogP contribution in [0.3, 0.4) is 0 Å². The Morgan fingerprint density at radius 3 is 2.67 bits per heavy atom. The molecular formula is C14H22N2O4S. The van der Waals surface area contributed by atoms with Crippen molar-refractivity contribution in [2.45, 2.75) is 18.2 Å². The topological polar surface area (TPSA) is 81.9 Å². The van der Waals surface area contributed by atoms with Crippen molar-refractivity contribution in [1.29, 1.82) is 0 Å². The van der Waals surface area contributed by atoms with Gasteiger partial charge in [-0.2, -0.15) is 0 Å². The van der Waals surface area contributed by atoms with Crippen molar-refractivity contribution in [1.82, 2.24) is 0 Å². The van der Waals surface area contributed by atoms with Gasteiger partial charge in [0.25, 0.3) is 0 Å². The average Bonchev–Trinajstić information content (AvgIpc) is 2.80. The number of sulfonamides is 1. The predicted molar refractivity (Wildman–Crippen MR) is 81.2 cm³/mol. The molecule has 2 rings (SSSR count). The lowest BCUT2D eigenvalue weighted by Crippen LogP contribution is -2.28. The molecule has 0 aliphatic carbocycles. The molecule has 0 aromatic heterocycles. The Kier molecular flexibility index (Phi) is 4.46. The standard InChI is InChI=1S/C14H22N2O4S/c1-14(10-19-2)6-7-16(9-14)11-4-5-12(20-3)13(8-11)21(15,17)18/h4-5,8H,6-7,9-10H2,1-3H3,(H2,15,17,18). The maximum Gasteiger partial charge on any atom is 0.241 e. The molecule has 0 radical (unpaired) electrons. The van der Waals surface area contributed by atoms with Crippen LogP contribution in [0.1, 0.15) is 13.3 Å². The minimum Gasteiger partial charge on any atom is -0.495 e. The Bertz CT molecular complexity index is 617. The Hall–Kier alpha value is -1.31. The van der Waals surface area contributed by atoms with Crippen LogP contribution < -0.4 is 14.8 Å². The lowest BCUT2D eigenvalue weighted by atomic mass is 9.91. The first-order valence-electron chi connectivity index (χ1n) is 6.74. The van der Waals surface area contributed by atoms with Crippen LogP contribution in [0.25, 0.3) is 0 Å². The summed E-state index contributed by atoms with van der Waals surface area (Å²) in [5.74, 6) is 0.264. The Balaban J connectivity index is 2.31. The molecule has 0 bridgehead atoms. The van der Waals surface area contributed by atoms with Crippen molar-refractivity contribution in [3.63, 3.8) is 0 Å². The first-order valence-corrected chi connectivity index (χ1v) is 8.28. The molecule has 21 heavy (non-hydrogen) atoms. The van der Waals surface area contributed by atoms with Gasteiger partial charge in [0, 0.05) is 31.3 Å². The van der Waals surface area contributed by atoms with E-state index in [-0.39, 0.29) is 16.1 Å². The van der Waals surface area contributed by atoms with Crippen LogP contribution in [0, 0.1) is 5.41 Å². The van der Waals surface area contributed by atoms with E-state index in [1.807, 2.05) is 6.07 Å². The number of ether oxygens (including phenoxy) is 2. The Morgan fingerprint density at radius 1 is 1.38 bits per heavy atom. The van der Waals surface area contributed by atoms with Gasteiger partial charge in [0.05, 0.1) is 13.7 Å². The van der Waals surface area contributed by atoms with Gasteiger partial charge in [0.1, 0.15) is 10.6 Å². The lowest BCUT2D eigenvalue weighted by Gasteiger charge is -2.25. The highest BCUT2D eigenvalue weighted by Gasteiger charge is 2.34. The number of nitrogens with zero attached hydrogens (tertiary/aromatic N) is 1. The van der Waals surface area contributed by atoms with E-state index < -0.39 is 10.0 Å². The number of hydrogen-bond donors (Lipinski definition) is 1. The van der Waals surface area contributed by atoms with Gasteiger partial charge >= 0.3 is 0 Å². The predicted octanol–water partition coefficient (Wildman–Crippen LogP) is 1.21. The van der Waals surface area contributed by atoms with Crippen molar-refractivity contribution in [3.05, 3.63) is 18.2 Å². The maximum atomic E-state index is 11.7. The molecule has 0 spiro atoms. The van der Waals surface area contributed by atoms with Gasteiger partial charge in [-0.3, -0.25) is 0 Å². The third kappa shape index (κ3) is 3.48. The number of primary sulfonamides is 1. The lowest BCUT2D eigenvalue weighted by molar-refractivity contribution is 0.106. The summed E-state index contributed by atoms with van der Waals surface area (Å²) in [5, 5.41) is 5.26. The zero-order valence-electron chi connectivity index (χ0n) is 12.6. The molecule has 1 unspecified atom stereocenters. The fraction of sp³-hybridized carbons (Fsp3) is 0.571. The number of nitrogens with two attached hydrogens (primary N) is 1. The molecule has 2 N–H and O–H groups in total. The minimum atomic E-state index is -3.81. The largest absolute Gasteiger partial charge is 0.495 e. The highest BCUT2D eigenvalue weighted by Crippen LogP contribution is 2.35. The van der Waals surface area contributed by atoms with Crippen molar-refractivity contribution < 1.29 is 17.9 Å². The summed E-state index contributed by atoms with van der Waals surface area (Å²) in [5.41, 5.74) is 0.913. The van der Waals surface area contributed by atoms with Crippen LogP contribution in [0.5, 0.6) is 5.75 Å². The summed E-state index contributed by atoms with van der Waals surface area (Å²) in [6.45, 7) is 4.52. The molecule has 1 heterocycles. The number of anilines is 1. The molecule has 7 heteroatoms. The van der Waals surface area contributed by atoms with Crippen LogP contribution in [0.2, 0.25) is 0 Å². The van der Waals surface area contributed by atoms with Crippen LogP contribution >= 0.6 is 0 Å². The van der Waals surface area contributed by atoms with E-state index in [0.717, 1.165) is 25.2 Å². The fourth-order valence-corrected chi connectivity index (χ4v) is 3.51. The molecule has 1 aliphatic heterocycles. The van der Waals surface area contributed by atoms with Gasteiger partial charge in [-0.1, -0.05) is 6.92 Å². The first kappa shape index (κ1) is 16.1. The van der Waals surface area contributed by atoms with Crippen molar-refractivity contribution in [2.75, 3.05) is 38.8 Å². The fourth-order valence-electron chi connectivity index (χ4n) is 2.79. The van der Waals surface area contributed by atoms with E-state index in [1.54, 1.807) is 19.2 Å². The van der Waals surface area contributed by atoms with Crippen molar-refractivity contribution >= 4 is 15.7 Å².